The molecular weight excluding hydrogens is 344 g/mol. The van der Waals surface area contributed by atoms with Crippen LogP contribution >= 0.6 is 0 Å². The number of benzene rings is 2. The predicted octanol–water partition coefficient (Wildman–Crippen LogP) is 2.37. The van der Waals surface area contributed by atoms with Crippen LogP contribution in [0.5, 0.6) is 5.75 Å². The molecule has 0 saturated heterocycles. The average Bonchev–Trinajstić information content (AvgIpc) is 2.49. The van der Waals surface area contributed by atoms with Gasteiger partial charge in [0.05, 0.1) is 5.56 Å². The summed E-state index contributed by atoms with van der Waals surface area (Å²) >= 11 is 0. The number of rotatable bonds is 3. The number of ether oxygens (including phenoxy) is 1. The third-order valence-corrected chi connectivity index (χ3v) is 3.50. The fourth-order valence-corrected chi connectivity index (χ4v) is 2.24. The topological polar surface area (TPSA) is 83.5 Å². The lowest BCUT2D eigenvalue weighted by atomic mass is 10.2. The van der Waals surface area contributed by atoms with Crippen LogP contribution in [0.15, 0.2) is 35.2 Å². The Kier molecular flexibility index (Phi) is 4.39. The third kappa shape index (κ3) is 3.17. The monoisotopic (exact) mass is 349 g/mol. The van der Waals surface area contributed by atoms with E-state index in [2.05, 4.69) is 4.74 Å². The summed E-state index contributed by atoms with van der Waals surface area (Å²) in [7, 11) is -5.83. The van der Waals surface area contributed by atoms with Crippen LogP contribution < -0.4 is 4.74 Å². The summed E-state index contributed by atoms with van der Waals surface area (Å²) < 4.78 is 90.5. The highest BCUT2D eigenvalue weighted by Crippen LogP contribution is 2.32. The lowest BCUT2D eigenvalue weighted by molar-refractivity contribution is 0.0716. The van der Waals surface area contributed by atoms with E-state index in [1.807, 2.05) is 0 Å². The maximum Gasteiger partial charge on any atom is 0.343 e. The Hall–Kier alpha value is -2.46. The van der Waals surface area contributed by atoms with Gasteiger partial charge in [-0.2, -0.15) is 8.78 Å². The van der Waals surface area contributed by atoms with E-state index < -0.39 is 50.0 Å². The number of carbonyl (C=O) groups excluding carboxylic acids is 1. The maximum absolute atomic E-state index is 13.6. The highest BCUT2D eigenvalue weighted by molar-refractivity contribution is 7.85. The van der Waals surface area contributed by atoms with E-state index in [0.29, 0.717) is 0 Å². The first-order valence-electron chi connectivity index (χ1n) is 5.73. The van der Waals surface area contributed by atoms with Gasteiger partial charge < -0.3 is 9.29 Å². The second-order valence-corrected chi connectivity index (χ2v) is 5.44. The lowest BCUT2D eigenvalue weighted by Crippen LogP contribution is -2.16. The van der Waals surface area contributed by atoms with Crippen molar-refractivity contribution >= 4 is 16.1 Å². The number of hydrogen-bond acceptors (Lipinski definition) is 5. The first-order chi connectivity index (χ1) is 10.6. The fourth-order valence-electron chi connectivity index (χ4n) is 1.63. The maximum atomic E-state index is 13.6. The molecule has 0 spiro atoms. The molecule has 23 heavy (non-hydrogen) atoms. The fraction of sp³-hybridized carbons (Fsp3) is 0. The molecule has 5 nitrogen and oxygen atoms in total. The molecule has 0 saturated carbocycles. The van der Waals surface area contributed by atoms with Gasteiger partial charge in [-0.05, 0) is 12.1 Å². The zero-order valence-corrected chi connectivity index (χ0v) is 11.7. The molecule has 0 aliphatic carbocycles. The first-order valence-corrected chi connectivity index (χ1v) is 7.14. The van der Waals surface area contributed by atoms with Gasteiger partial charge in [0.1, 0.15) is 15.0 Å². The molecule has 10 heteroatoms. The summed E-state index contributed by atoms with van der Waals surface area (Å²) in [6.45, 7) is 0. The minimum absolute atomic E-state index is 0.187. The van der Waals surface area contributed by atoms with Crippen LogP contribution in [0.2, 0.25) is 0 Å². The highest BCUT2D eigenvalue weighted by Gasteiger charge is 2.31. The molecule has 0 N–H and O–H groups in total. The van der Waals surface area contributed by atoms with Gasteiger partial charge in [0.25, 0.3) is 0 Å². The quantitative estimate of drug-likeness (QED) is 0.279. The summed E-state index contributed by atoms with van der Waals surface area (Å²) in [5, 5.41) is 0. The molecule has 0 amide bonds. The standard InChI is InChI=1S/C13H6F4O5S/c14-7-9(16)12(23(19,20)21)10(17)8(15)11(7)22-13(18)6-4-2-1-3-5-6/h1-5H,(H,19,20,21)/p-1. The average molecular weight is 349 g/mol. The summed E-state index contributed by atoms with van der Waals surface area (Å²) in [4.78, 5) is 9.32. The van der Waals surface area contributed by atoms with Crippen LogP contribution in [-0.2, 0) is 10.1 Å². The minimum atomic E-state index is -5.83. The molecule has 0 atom stereocenters. The Bertz CT molecular complexity index is 852. The van der Waals surface area contributed by atoms with E-state index >= 15 is 0 Å². The van der Waals surface area contributed by atoms with Gasteiger partial charge in [-0.15, -0.1) is 0 Å². The molecule has 0 heterocycles. The molecule has 0 unspecified atom stereocenters. The van der Waals surface area contributed by atoms with Crippen molar-refractivity contribution in [3.8, 4) is 5.75 Å². The van der Waals surface area contributed by atoms with Crippen molar-refractivity contribution in [2.75, 3.05) is 0 Å². The Labute approximate surface area is 126 Å². The van der Waals surface area contributed by atoms with Gasteiger partial charge in [0.2, 0.25) is 17.4 Å². The van der Waals surface area contributed by atoms with Crippen LogP contribution in [0.25, 0.3) is 0 Å². The van der Waals surface area contributed by atoms with Gasteiger partial charge in [-0.1, -0.05) is 18.2 Å². The predicted molar refractivity (Wildman–Crippen MR) is 65.6 cm³/mol. The molecule has 0 bridgehead atoms. The largest absolute Gasteiger partial charge is 0.744 e. The molecule has 0 aliphatic rings. The van der Waals surface area contributed by atoms with Crippen LogP contribution in [0, 0.1) is 23.3 Å². The SMILES string of the molecule is O=C(Oc1c(F)c(F)c(S(=O)(=O)[O-])c(F)c1F)c1ccccc1. The molecule has 0 fully saturated rings. The molecule has 0 aromatic heterocycles. The highest BCUT2D eigenvalue weighted by atomic mass is 32.2. The smallest absolute Gasteiger partial charge is 0.343 e. The molecule has 2 aromatic rings. The van der Waals surface area contributed by atoms with Gasteiger partial charge >= 0.3 is 5.97 Å². The molecule has 2 rings (SSSR count). The molecule has 0 radical (unpaired) electrons. The van der Waals surface area contributed by atoms with Crippen molar-refractivity contribution in [1.82, 2.24) is 0 Å². The van der Waals surface area contributed by atoms with Gasteiger partial charge in [0.15, 0.2) is 11.6 Å². The minimum Gasteiger partial charge on any atom is -0.744 e. The van der Waals surface area contributed by atoms with E-state index in [1.54, 1.807) is 0 Å². The third-order valence-electron chi connectivity index (χ3n) is 2.64. The Balaban J connectivity index is 2.56. The van der Waals surface area contributed by atoms with Crippen molar-refractivity contribution < 1.29 is 40.1 Å². The second kappa shape index (κ2) is 5.97. The summed E-state index contributed by atoms with van der Waals surface area (Å²) in [6.07, 6.45) is 0. The zero-order chi connectivity index (χ0) is 17.4. The summed E-state index contributed by atoms with van der Waals surface area (Å²) in [6, 6.07) is 6.68. The summed E-state index contributed by atoms with van der Waals surface area (Å²) in [5.41, 5.74) is -0.187. The number of halogens is 4. The van der Waals surface area contributed by atoms with E-state index in [9.17, 15) is 35.3 Å². The van der Waals surface area contributed by atoms with Crippen molar-refractivity contribution in [1.29, 1.82) is 0 Å². The number of hydrogen-bond donors (Lipinski definition) is 0. The molecule has 2 aromatic carbocycles. The molecule has 122 valence electrons. The Morgan fingerprint density at radius 3 is 1.83 bits per heavy atom. The van der Waals surface area contributed by atoms with Gasteiger partial charge in [0, 0.05) is 0 Å². The lowest BCUT2D eigenvalue weighted by Gasteiger charge is -2.13. The van der Waals surface area contributed by atoms with E-state index in [1.165, 1.54) is 30.3 Å². The van der Waals surface area contributed by atoms with Crippen molar-refractivity contribution in [2.24, 2.45) is 0 Å². The molecule has 0 aliphatic heterocycles. The zero-order valence-electron chi connectivity index (χ0n) is 10.8. The number of carbonyl (C=O) groups is 1. The van der Waals surface area contributed by atoms with Gasteiger partial charge in [-0.3, -0.25) is 0 Å². The van der Waals surface area contributed by atoms with E-state index in [4.69, 9.17) is 0 Å². The molecular formula is C13H5F4O5S-. The first kappa shape index (κ1) is 16.9. The summed E-state index contributed by atoms with van der Waals surface area (Å²) in [5.74, 6) is -12.7. The van der Waals surface area contributed by atoms with Gasteiger partial charge in [-0.25, -0.2) is 22.0 Å². The van der Waals surface area contributed by atoms with Crippen LogP contribution in [0.3, 0.4) is 0 Å². The van der Waals surface area contributed by atoms with Crippen molar-refractivity contribution in [3.63, 3.8) is 0 Å². The Morgan fingerprint density at radius 2 is 1.39 bits per heavy atom. The van der Waals surface area contributed by atoms with Crippen LogP contribution in [0.4, 0.5) is 17.6 Å². The van der Waals surface area contributed by atoms with Crippen molar-refractivity contribution in [2.45, 2.75) is 4.90 Å². The van der Waals surface area contributed by atoms with Crippen LogP contribution in [0.1, 0.15) is 10.4 Å². The van der Waals surface area contributed by atoms with E-state index in [-0.39, 0.29) is 5.56 Å². The van der Waals surface area contributed by atoms with Crippen molar-refractivity contribution in [3.05, 3.63) is 59.2 Å². The Morgan fingerprint density at radius 1 is 0.913 bits per heavy atom. The second-order valence-electron chi connectivity index (χ2n) is 4.12. The van der Waals surface area contributed by atoms with E-state index in [0.717, 1.165) is 0 Å². The normalized spacial score (nSPS) is 11.3. The van der Waals surface area contributed by atoms with Crippen LogP contribution in [-0.4, -0.2) is 18.9 Å². The number of esters is 1.